The van der Waals surface area contributed by atoms with Crippen LogP contribution in [-0.2, 0) is 4.79 Å². The van der Waals surface area contributed by atoms with Crippen LogP contribution < -0.4 is 11.0 Å². The number of amides is 1. The van der Waals surface area contributed by atoms with Gasteiger partial charge in [0.25, 0.3) is 11.5 Å². The minimum Gasteiger partial charge on any atom is -0.507 e. The Bertz CT molecular complexity index is 1380. The highest BCUT2D eigenvalue weighted by atomic mass is 32.2. The van der Waals surface area contributed by atoms with Crippen LogP contribution in [0.3, 0.4) is 0 Å². The highest BCUT2D eigenvalue weighted by Crippen LogP contribution is 2.29. The Morgan fingerprint density at radius 1 is 1.19 bits per heavy atom. The molecule has 0 aliphatic heterocycles. The Morgan fingerprint density at radius 2 is 1.91 bits per heavy atom. The average molecular weight is 465 g/mol. The van der Waals surface area contributed by atoms with Gasteiger partial charge in [-0.3, -0.25) is 14.2 Å². The van der Waals surface area contributed by atoms with E-state index in [-0.39, 0.29) is 23.0 Å². The molecule has 2 heterocycles. The van der Waals surface area contributed by atoms with Gasteiger partial charge in [-0.1, -0.05) is 42.1 Å². The van der Waals surface area contributed by atoms with Crippen molar-refractivity contribution in [1.82, 2.24) is 15.0 Å². The molecule has 0 aliphatic rings. The number of aromatic nitrogens is 2. The molecular formula is C23H20N4O3S2. The molecule has 0 radical (unpaired) electrons. The van der Waals surface area contributed by atoms with Gasteiger partial charge in [0.2, 0.25) is 0 Å². The molecule has 0 saturated carbocycles. The molecule has 0 atom stereocenters. The summed E-state index contributed by atoms with van der Waals surface area (Å²) in [5.74, 6) is -0.258. The van der Waals surface area contributed by atoms with Crippen molar-refractivity contribution in [3.05, 3.63) is 81.0 Å². The lowest BCUT2D eigenvalue weighted by atomic mass is 10.2. The van der Waals surface area contributed by atoms with Crippen LogP contribution in [-0.4, -0.2) is 32.5 Å². The number of thioether (sulfide) groups is 1. The largest absolute Gasteiger partial charge is 0.507 e. The normalized spacial score (nSPS) is 11.3. The first kappa shape index (κ1) is 21.8. The summed E-state index contributed by atoms with van der Waals surface area (Å²) in [4.78, 5) is 32.1. The van der Waals surface area contributed by atoms with E-state index in [1.54, 1.807) is 22.8 Å². The van der Waals surface area contributed by atoms with Crippen LogP contribution in [0.5, 0.6) is 5.75 Å². The van der Waals surface area contributed by atoms with E-state index >= 15 is 0 Å². The first-order valence-electron chi connectivity index (χ1n) is 9.76. The summed E-state index contributed by atoms with van der Waals surface area (Å²) in [7, 11) is 0. The minimum atomic E-state index is -0.353. The summed E-state index contributed by atoms with van der Waals surface area (Å²) in [6.07, 6.45) is 1.37. The number of benzene rings is 2. The number of thiophene rings is 1. The lowest BCUT2D eigenvalue weighted by molar-refractivity contribution is -0.118. The van der Waals surface area contributed by atoms with Gasteiger partial charge in [-0.2, -0.15) is 5.10 Å². The van der Waals surface area contributed by atoms with Gasteiger partial charge in [0, 0.05) is 10.4 Å². The molecule has 162 valence electrons. The highest BCUT2D eigenvalue weighted by molar-refractivity contribution is 7.99. The summed E-state index contributed by atoms with van der Waals surface area (Å²) in [6, 6.07) is 15.9. The molecule has 1 amide bonds. The molecular weight excluding hydrogens is 444 g/mol. The molecule has 0 unspecified atom stereocenters. The number of hydrogen-bond acceptors (Lipinski definition) is 7. The third-order valence-corrected chi connectivity index (χ3v) is 6.89. The van der Waals surface area contributed by atoms with E-state index in [0.29, 0.717) is 26.6 Å². The number of phenols is 1. The fraction of sp³-hybridized carbons (Fsp3) is 0.130. The summed E-state index contributed by atoms with van der Waals surface area (Å²) < 4.78 is 1.55. The van der Waals surface area contributed by atoms with Gasteiger partial charge in [-0.25, -0.2) is 10.4 Å². The van der Waals surface area contributed by atoms with Gasteiger partial charge < -0.3 is 5.11 Å². The molecule has 32 heavy (non-hydrogen) atoms. The van der Waals surface area contributed by atoms with E-state index in [4.69, 9.17) is 4.98 Å². The summed E-state index contributed by atoms with van der Waals surface area (Å²) in [5.41, 5.74) is 4.40. The fourth-order valence-corrected chi connectivity index (χ4v) is 4.99. The van der Waals surface area contributed by atoms with Gasteiger partial charge >= 0.3 is 0 Å². The summed E-state index contributed by atoms with van der Waals surface area (Å²) >= 11 is 2.64. The lowest BCUT2D eigenvalue weighted by Crippen LogP contribution is -2.24. The highest BCUT2D eigenvalue weighted by Gasteiger charge is 2.18. The number of aryl methyl sites for hydroxylation is 2. The fourth-order valence-electron chi connectivity index (χ4n) is 3.11. The van der Waals surface area contributed by atoms with Crippen LogP contribution in [0.15, 0.2) is 69.6 Å². The molecule has 2 aromatic carbocycles. The molecule has 0 spiro atoms. The molecule has 0 saturated heterocycles. The van der Waals surface area contributed by atoms with Gasteiger partial charge in [-0.05, 0) is 43.7 Å². The number of fused-ring (bicyclic) bond motifs is 1. The Balaban J connectivity index is 1.59. The standard InChI is InChI=1S/C23H20N4O3S2/c1-14-15(2)32-21-20(14)22(30)27(17-9-4-3-5-10-17)23(25-21)31-13-19(29)26-24-12-16-8-6-7-11-18(16)28/h3-12,28H,13H2,1-2H3,(H,26,29)/b24-12-. The van der Waals surface area contributed by atoms with Crippen molar-refractivity contribution in [1.29, 1.82) is 0 Å². The molecule has 9 heteroatoms. The van der Waals surface area contributed by atoms with E-state index in [1.807, 2.05) is 44.2 Å². The predicted octanol–water partition coefficient (Wildman–Crippen LogP) is 4.01. The zero-order valence-electron chi connectivity index (χ0n) is 17.4. The van der Waals surface area contributed by atoms with Crippen molar-refractivity contribution in [2.75, 3.05) is 5.75 Å². The molecule has 0 fully saturated rings. The number of rotatable bonds is 6. The van der Waals surface area contributed by atoms with Gasteiger partial charge in [-0.15, -0.1) is 11.3 Å². The Kier molecular flexibility index (Phi) is 6.38. The number of carbonyl (C=O) groups excluding carboxylic acids is 1. The van der Waals surface area contributed by atoms with Crippen molar-refractivity contribution in [2.45, 2.75) is 19.0 Å². The van der Waals surface area contributed by atoms with Crippen LogP contribution in [0.4, 0.5) is 0 Å². The van der Waals surface area contributed by atoms with E-state index in [0.717, 1.165) is 10.4 Å². The summed E-state index contributed by atoms with van der Waals surface area (Å²) in [5, 5.41) is 14.7. The Labute approximate surface area is 192 Å². The molecule has 0 bridgehead atoms. The first-order chi connectivity index (χ1) is 15.5. The van der Waals surface area contributed by atoms with Crippen LogP contribution in [0.1, 0.15) is 16.0 Å². The van der Waals surface area contributed by atoms with Gasteiger partial charge in [0.1, 0.15) is 10.6 Å². The van der Waals surface area contributed by atoms with Crippen molar-refractivity contribution in [2.24, 2.45) is 5.10 Å². The molecule has 7 nitrogen and oxygen atoms in total. The van der Waals surface area contributed by atoms with Gasteiger partial charge in [0.05, 0.1) is 23.0 Å². The number of nitrogens with one attached hydrogen (secondary N) is 1. The van der Waals surface area contributed by atoms with Crippen molar-refractivity contribution in [3.8, 4) is 11.4 Å². The molecule has 2 N–H and O–H groups in total. The molecule has 4 rings (SSSR count). The third kappa shape index (κ3) is 4.44. The molecule has 4 aromatic rings. The minimum absolute atomic E-state index is 0.0201. The molecule has 0 aliphatic carbocycles. The van der Waals surface area contributed by atoms with Crippen LogP contribution in [0.25, 0.3) is 15.9 Å². The van der Waals surface area contributed by atoms with E-state index < -0.39 is 0 Å². The number of hydrazone groups is 1. The predicted molar refractivity (Wildman–Crippen MR) is 129 cm³/mol. The Morgan fingerprint density at radius 3 is 2.66 bits per heavy atom. The SMILES string of the molecule is Cc1sc2nc(SCC(=O)N/N=C\c3ccccc3O)n(-c3ccccc3)c(=O)c2c1C. The average Bonchev–Trinajstić information content (AvgIpc) is 3.08. The van der Waals surface area contributed by atoms with Crippen molar-refractivity contribution < 1.29 is 9.90 Å². The van der Waals surface area contributed by atoms with Crippen LogP contribution in [0, 0.1) is 13.8 Å². The lowest BCUT2D eigenvalue weighted by Gasteiger charge is -2.12. The van der Waals surface area contributed by atoms with Crippen LogP contribution in [0.2, 0.25) is 0 Å². The van der Waals surface area contributed by atoms with E-state index in [9.17, 15) is 14.7 Å². The maximum absolute atomic E-state index is 13.4. The maximum atomic E-state index is 13.4. The first-order valence-corrected chi connectivity index (χ1v) is 11.6. The quantitative estimate of drug-likeness (QED) is 0.195. The number of carbonyl (C=O) groups is 1. The third-order valence-electron chi connectivity index (χ3n) is 4.85. The van der Waals surface area contributed by atoms with Crippen molar-refractivity contribution in [3.63, 3.8) is 0 Å². The summed E-state index contributed by atoms with van der Waals surface area (Å²) in [6.45, 7) is 3.89. The van der Waals surface area contributed by atoms with E-state index in [1.165, 1.54) is 35.4 Å². The number of hydrogen-bond donors (Lipinski definition) is 2. The monoisotopic (exact) mass is 464 g/mol. The zero-order chi connectivity index (χ0) is 22.7. The zero-order valence-corrected chi connectivity index (χ0v) is 19.0. The van der Waals surface area contributed by atoms with Crippen molar-refractivity contribution >= 4 is 45.4 Å². The molecule has 2 aromatic heterocycles. The second-order valence-electron chi connectivity index (χ2n) is 6.97. The van der Waals surface area contributed by atoms with Crippen LogP contribution >= 0.6 is 23.1 Å². The second-order valence-corrected chi connectivity index (χ2v) is 9.12. The number of phenolic OH excluding ortho intramolecular Hbond substituents is 1. The number of para-hydroxylation sites is 2. The van der Waals surface area contributed by atoms with E-state index in [2.05, 4.69) is 10.5 Å². The number of aromatic hydroxyl groups is 1. The second kappa shape index (κ2) is 9.37. The maximum Gasteiger partial charge on any atom is 0.267 e. The smallest absolute Gasteiger partial charge is 0.267 e. The number of nitrogens with zero attached hydrogens (tertiary/aromatic N) is 3. The Hall–Kier alpha value is -3.43. The van der Waals surface area contributed by atoms with Gasteiger partial charge in [0.15, 0.2) is 5.16 Å². The topological polar surface area (TPSA) is 96.6 Å².